The van der Waals surface area contributed by atoms with Crippen LogP contribution < -0.4 is 10.7 Å². The Labute approximate surface area is 348 Å². The van der Waals surface area contributed by atoms with E-state index in [2.05, 4.69) is 51.4 Å². The summed E-state index contributed by atoms with van der Waals surface area (Å²) in [6.45, 7) is 18.8. The van der Waals surface area contributed by atoms with Crippen molar-refractivity contribution < 1.29 is 30.0 Å². The molecule has 4 aliphatic rings. The number of carbonyl (C=O) groups is 2. The lowest BCUT2D eigenvalue weighted by atomic mass is 9.94. The first-order chi connectivity index (χ1) is 28.1. The normalized spacial score (nSPS) is 18.2. The Morgan fingerprint density at radius 1 is 0.763 bits per heavy atom. The van der Waals surface area contributed by atoms with Gasteiger partial charge in [-0.05, 0) is 144 Å². The minimum absolute atomic E-state index is 0.0853. The highest BCUT2D eigenvalue weighted by atomic mass is 16.4. The summed E-state index contributed by atoms with van der Waals surface area (Å²) in [7, 11) is 0. The number of aromatic amines is 1. The lowest BCUT2D eigenvalue weighted by Crippen LogP contribution is -2.20. The summed E-state index contributed by atoms with van der Waals surface area (Å²) in [5, 5.41) is 43.3. The number of allylic oxidation sites excluding steroid dienone is 11. The lowest BCUT2D eigenvalue weighted by Gasteiger charge is -2.13. The molecule has 5 N–H and O–H groups in total. The molecule has 1 aromatic heterocycles. The highest BCUT2D eigenvalue weighted by Crippen LogP contribution is 2.38. The smallest absolute Gasteiger partial charge is 0.303 e. The van der Waals surface area contributed by atoms with Gasteiger partial charge in [-0.3, -0.25) is 9.59 Å². The highest BCUT2D eigenvalue weighted by Gasteiger charge is 2.30. The van der Waals surface area contributed by atoms with Crippen molar-refractivity contribution in [3.05, 3.63) is 121 Å². The van der Waals surface area contributed by atoms with Gasteiger partial charge in [-0.2, -0.15) is 0 Å². The highest BCUT2D eigenvalue weighted by molar-refractivity contribution is 6.25. The summed E-state index contributed by atoms with van der Waals surface area (Å²) >= 11 is 0. The fourth-order valence-corrected chi connectivity index (χ4v) is 8.01. The van der Waals surface area contributed by atoms with E-state index in [1.807, 2.05) is 32.9 Å². The topological polar surface area (TPSA) is 168 Å². The van der Waals surface area contributed by atoms with Crippen molar-refractivity contribution in [3.63, 3.8) is 0 Å². The van der Waals surface area contributed by atoms with Crippen LogP contribution in [0.3, 0.4) is 0 Å². The van der Waals surface area contributed by atoms with Crippen LogP contribution in [-0.4, -0.2) is 60.6 Å². The molecule has 312 valence electrons. The van der Waals surface area contributed by atoms with Crippen molar-refractivity contribution in [1.29, 1.82) is 0 Å². The third-order valence-corrected chi connectivity index (χ3v) is 11.5. The first-order valence-electron chi connectivity index (χ1n) is 20.8. The number of carboxylic acids is 2. The first kappa shape index (κ1) is 44.5. The Hall–Kier alpha value is -5.61. The van der Waals surface area contributed by atoms with Gasteiger partial charge < -0.3 is 25.4 Å². The molecule has 0 amide bonds. The van der Waals surface area contributed by atoms with Crippen molar-refractivity contribution in [2.75, 3.05) is 0 Å². The van der Waals surface area contributed by atoms with Crippen LogP contribution in [0.2, 0.25) is 0 Å². The van der Waals surface area contributed by atoms with Crippen LogP contribution in [0.4, 0.5) is 0 Å². The fourth-order valence-electron chi connectivity index (χ4n) is 8.01. The van der Waals surface area contributed by atoms with Crippen LogP contribution in [0, 0.1) is 12.8 Å². The van der Waals surface area contributed by atoms with Crippen molar-refractivity contribution in [3.8, 4) is 0 Å². The maximum absolute atomic E-state index is 11.9. The molecule has 5 heterocycles. The number of aromatic nitrogens is 1. The number of aliphatic imine (C=N–C) groups is 3. The summed E-state index contributed by atoms with van der Waals surface area (Å²) in [6.07, 6.45) is 20.6. The number of nitrogens with zero attached hydrogens (tertiary/aromatic N) is 3. The van der Waals surface area contributed by atoms with Crippen LogP contribution in [0.1, 0.15) is 123 Å². The molecule has 0 aliphatic carbocycles. The standard InChI is InChI=1S/C49H60N4O6/c1-9-34-31(6)39-25-45-49(46(55)18-12-17-30(5)16-11-15-29(4)14-10-13-28(2)3)33(8)40(52-45)24-44-37(27-54)36(20-22-48(58)59)43(53-44)26-42-35(19-21-47(56)57)32(7)38(51-42)23-41(34)50-39/h9,15,17,23-28,46,50,54-55H,1,10-14,16,18-22H2,2-8H3,(H,56,57)(H,58,59)/b29-15+,30-17+,37-27+,39-25?,40-24?,41-23?,42-26?/t46-/m0/s1. The number of rotatable bonds is 18. The Kier molecular flexibility index (Phi) is 15.0. The largest absolute Gasteiger partial charge is 0.515 e. The van der Waals surface area contributed by atoms with Crippen LogP contribution >= 0.6 is 0 Å². The van der Waals surface area contributed by atoms with Gasteiger partial charge in [-0.25, -0.2) is 15.0 Å². The monoisotopic (exact) mass is 800 g/mol. The number of hydrogen-bond donors (Lipinski definition) is 5. The number of H-pyrrole nitrogens is 1. The van der Waals surface area contributed by atoms with Gasteiger partial charge in [-0.15, -0.1) is 0 Å². The molecule has 0 unspecified atom stereocenters. The quantitative estimate of drug-likeness (QED) is 0.0733. The SMILES string of the molecule is C=Cc1c(C)c2[nH]c1=CC1=NC(=CC3=C(CCC(=O)O)/C(=C\O)C(=N3)C=C3N=C(C=2)C([C@@H](O)CC/C=C(\C)CC/C=C(\C)CCCC(C)C)=C3C)C(CCC(=O)O)=C1C. The van der Waals surface area contributed by atoms with E-state index in [1.54, 1.807) is 18.2 Å². The van der Waals surface area contributed by atoms with Gasteiger partial charge in [0.05, 0.1) is 46.6 Å². The van der Waals surface area contributed by atoms with E-state index >= 15 is 0 Å². The molecule has 0 aromatic carbocycles. The van der Waals surface area contributed by atoms with E-state index in [1.165, 1.54) is 24.0 Å². The molecular weight excluding hydrogens is 741 g/mol. The Morgan fingerprint density at radius 3 is 2.07 bits per heavy atom. The molecule has 0 radical (unpaired) electrons. The van der Waals surface area contributed by atoms with Crippen molar-refractivity contribution in [2.45, 2.75) is 125 Å². The second-order valence-electron chi connectivity index (χ2n) is 16.4. The minimum atomic E-state index is -0.999. The maximum Gasteiger partial charge on any atom is 0.303 e. The Bertz CT molecular complexity index is 2380. The molecule has 0 saturated heterocycles. The molecule has 1 aromatic rings. The van der Waals surface area contributed by atoms with Crippen LogP contribution in [0.5, 0.6) is 0 Å². The van der Waals surface area contributed by atoms with Crippen LogP contribution in [0.25, 0.3) is 18.2 Å². The predicted molar refractivity (Wildman–Crippen MR) is 240 cm³/mol. The van der Waals surface area contributed by atoms with Gasteiger partial charge in [0.1, 0.15) is 0 Å². The molecule has 10 heteroatoms. The van der Waals surface area contributed by atoms with Gasteiger partial charge >= 0.3 is 11.9 Å². The third kappa shape index (κ3) is 10.9. The summed E-state index contributed by atoms with van der Waals surface area (Å²) in [5.41, 5.74) is 11.6. The number of aliphatic hydroxyl groups is 2. The zero-order valence-electron chi connectivity index (χ0n) is 35.7. The Morgan fingerprint density at radius 2 is 1.41 bits per heavy atom. The first-order valence-corrected chi connectivity index (χ1v) is 20.8. The van der Waals surface area contributed by atoms with Gasteiger partial charge in [0.2, 0.25) is 0 Å². The molecule has 0 fully saturated rings. The molecule has 0 spiro atoms. The van der Waals surface area contributed by atoms with E-state index in [9.17, 15) is 30.0 Å². The number of hydrogen-bond acceptors (Lipinski definition) is 7. The summed E-state index contributed by atoms with van der Waals surface area (Å²) in [6, 6.07) is 0. The van der Waals surface area contributed by atoms with Gasteiger partial charge in [0, 0.05) is 40.2 Å². The third-order valence-electron chi connectivity index (χ3n) is 11.5. The number of fused-ring (bicyclic) bond motifs is 5. The van der Waals surface area contributed by atoms with Crippen molar-refractivity contribution >= 4 is 47.3 Å². The fraction of sp³-hybridized carbons (Fsp3) is 0.408. The van der Waals surface area contributed by atoms with Gasteiger partial charge in [0.15, 0.2) is 0 Å². The molecule has 5 rings (SSSR count). The second kappa shape index (κ2) is 19.9. The number of carboxylic acid groups (broad SMARTS) is 2. The summed E-state index contributed by atoms with van der Waals surface area (Å²) in [4.78, 5) is 41.9. The summed E-state index contributed by atoms with van der Waals surface area (Å²) in [5.74, 6) is -1.21. The average Bonchev–Trinajstić information content (AvgIpc) is 3.85. The van der Waals surface area contributed by atoms with E-state index in [0.717, 1.165) is 70.0 Å². The average molecular weight is 801 g/mol. The molecule has 8 bridgehead atoms. The molecule has 59 heavy (non-hydrogen) atoms. The van der Waals surface area contributed by atoms with Crippen LogP contribution in [-0.2, 0) is 9.59 Å². The van der Waals surface area contributed by atoms with E-state index in [-0.39, 0.29) is 25.7 Å². The summed E-state index contributed by atoms with van der Waals surface area (Å²) < 4.78 is 0. The predicted octanol–water partition coefficient (Wildman–Crippen LogP) is 9.37. The molecular formula is C49H60N4O6. The van der Waals surface area contributed by atoms with Crippen molar-refractivity contribution in [1.82, 2.24) is 4.98 Å². The zero-order valence-corrected chi connectivity index (χ0v) is 35.7. The minimum Gasteiger partial charge on any atom is -0.515 e. The molecule has 4 aliphatic heterocycles. The number of aliphatic carboxylic acids is 2. The number of aliphatic hydroxyl groups excluding tert-OH is 2. The molecule has 10 nitrogen and oxygen atoms in total. The van der Waals surface area contributed by atoms with Crippen molar-refractivity contribution in [2.24, 2.45) is 20.9 Å². The van der Waals surface area contributed by atoms with Gasteiger partial charge in [-0.1, -0.05) is 56.2 Å². The molecule has 0 saturated carbocycles. The van der Waals surface area contributed by atoms with E-state index in [0.29, 0.717) is 63.8 Å². The lowest BCUT2D eigenvalue weighted by molar-refractivity contribution is -0.137. The van der Waals surface area contributed by atoms with E-state index in [4.69, 9.17) is 15.0 Å². The zero-order chi connectivity index (χ0) is 43.0. The Balaban J connectivity index is 1.57. The van der Waals surface area contributed by atoms with Crippen LogP contribution in [0.15, 0.2) is 114 Å². The molecule has 1 atom stereocenters. The van der Waals surface area contributed by atoms with Gasteiger partial charge in [0.25, 0.3) is 0 Å². The number of nitrogens with one attached hydrogen (secondary N) is 1. The second-order valence-corrected chi connectivity index (χ2v) is 16.4. The maximum atomic E-state index is 11.9. The van der Waals surface area contributed by atoms with E-state index < -0.39 is 18.0 Å².